The van der Waals surface area contributed by atoms with Gasteiger partial charge in [0.2, 0.25) is 0 Å². The summed E-state index contributed by atoms with van der Waals surface area (Å²) < 4.78 is 12.5. The molecule has 0 saturated carbocycles. The average molecular weight is 224 g/mol. The van der Waals surface area contributed by atoms with Crippen LogP contribution in [0.1, 0.15) is 0 Å². The van der Waals surface area contributed by atoms with Gasteiger partial charge in [0.25, 0.3) is 0 Å². The first-order valence-corrected chi connectivity index (χ1v) is 6.39. The maximum atomic E-state index is 5.97. The van der Waals surface area contributed by atoms with Crippen LogP contribution < -0.4 is 0 Å². The van der Waals surface area contributed by atoms with Gasteiger partial charge in [-0.3, -0.25) is 0 Å². The average Bonchev–Trinajstić information content (AvgIpc) is 1.97. The normalized spacial score (nSPS) is 14.9. The van der Waals surface area contributed by atoms with Crippen molar-refractivity contribution in [2.24, 2.45) is 0 Å². The molecule has 6 heteroatoms. The number of nitrogens with zero attached hydrogens (tertiary/aromatic N) is 4. The standard InChI is InChI=1S/C8H25N4OP/c1-9(2)13-14(10(3)4,11(5)6)12(7)8/h14H,1-8H3. The summed E-state index contributed by atoms with van der Waals surface area (Å²) in [6.07, 6.45) is 0. The second-order valence-electron chi connectivity index (χ2n) is 4.16. The molecule has 0 spiro atoms. The minimum atomic E-state index is -2.16. The molecule has 0 bridgehead atoms. The molecular weight excluding hydrogens is 199 g/mol. The van der Waals surface area contributed by atoms with Crippen LogP contribution in [0.3, 0.4) is 0 Å². The Morgan fingerprint density at radius 2 is 0.929 bits per heavy atom. The van der Waals surface area contributed by atoms with E-state index < -0.39 is 7.94 Å². The zero-order chi connectivity index (χ0) is 11.5. The van der Waals surface area contributed by atoms with Crippen molar-refractivity contribution in [1.82, 2.24) is 19.1 Å². The van der Waals surface area contributed by atoms with E-state index in [0.717, 1.165) is 0 Å². The minimum absolute atomic E-state index is 1.77. The Hall–Kier alpha value is 0.230. The summed E-state index contributed by atoms with van der Waals surface area (Å²) >= 11 is 0. The van der Waals surface area contributed by atoms with Crippen LogP contribution in [0.5, 0.6) is 0 Å². The molecule has 0 fully saturated rings. The molecule has 0 saturated heterocycles. The molecule has 0 unspecified atom stereocenters. The van der Waals surface area contributed by atoms with Crippen LogP contribution in [0.2, 0.25) is 0 Å². The first-order chi connectivity index (χ1) is 6.25. The van der Waals surface area contributed by atoms with E-state index >= 15 is 0 Å². The van der Waals surface area contributed by atoms with Gasteiger partial charge in [0.05, 0.1) is 0 Å². The van der Waals surface area contributed by atoms with E-state index in [-0.39, 0.29) is 0 Å². The second-order valence-corrected chi connectivity index (χ2v) is 8.17. The summed E-state index contributed by atoms with van der Waals surface area (Å²) in [4.78, 5) is 0. The van der Waals surface area contributed by atoms with E-state index in [1.165, 1.54) is 0 Å². The zero-order valence-corrected chi connectivity index (χ0v) is 11.7. The van der Waals surface area contributed by atoms with Crippen molar-refractivity contribution >= 4 is 7.94 Å². The van der Waals surface area contributed by atoms with Gasteiger partial charge in [-0.15, -0.1) is 0 Å². The Labute approximate surface area is 88.7 Å². The fraction of sp³-hybridized carbons (Fsp3) is 1.00. The van der Waals surface area contributed by atoms with Crippen molar-refractivity contribution < 1.29 is 4.62 Å². The van der Waals surface area contributed by atoms with E-state index in [4.69, 9.17) is 4.62 Å². The van der Waals surface area contributed by atoms with E-state index in [9.17, 15) is 0 Å². The molecule has 0 aliphatic rings. The number of hydrogen-bond acceptors (Lipinski definition) is 5. The predicted octanol–water partition coefficient (Wildman–Crippen LogP) is 0.574. The van der Waals surface area contributed by atoms with Gasteiger partial charge in [-0.1, -0.05) is 0 Å². The Bertz CT molecular complexity index is 151. The number of rotatable bonds is 5. The molecule has 0 aliphatic heterocycles. The van der Waals surface area contributed by atoms with Crippen LogP contribution in [0.4, 0.5) is 0 Å². The predicted molar refractivity (Wildman–Crippen MR) is 64.1 cm³/mol. The zero-order valence-electron chi connectivity index (χ0n) is 10.7. The molecule has 0 aliphatic carbocycles. The molecule has 0 aromatic carbocycles. The summed E-state index contributed by atoms with van der Waals surface area (Å²) in [6, 6.07) is 0. The first-order valence-electron chi connectivity index (χ1n) is 4.64. The summed E-state index contributed by atoms with van der Waals surface area (Å²) in [5, 5.41) is 1.77. The van der Waals surface area contributed by atoms with Gasteiger partial charge in [0.1, 0.15) is 0 Å². The van der Waals surface area contributed by atoms with E-state index in [2.05, 4.69) is 56.3 Å². The molecule has 0 aromatic rings. The molecular formula is C8H25N4OP. The molecule has 14 heavy (non-hydrogen) atoms. The third-order valence-corrected chi connectivity index (χ3v) is 6.16. The van der Waals surface area contributed by atoms with Crippen LogP contribution in [-0.4, -0.2) is 75.5 Å². The van der Waals surface area contributed by atoms with Crippen molar-refractivity contribution in [1.29, 1.82) is 0 Å². The van der Waals surface area contributed by atoms with Crippen LogP contribution in [-0.2, 0) is 4.62 Å². The van der Waals surface area contributed by atoms with Crippen LogP contribution in [0.25, 0.3) is 0 Å². The van der Waals surface area contributed by atoms with Crippen molar-refractivity contribution in [2.45, 2.75) is 0 Å². The molecule has 0 atom stereocenters. The van der Waals surface area contributed by atoms with E-state index in [1.807, 2.05) is 14.1 Å². The summed E-state index contributed by atoms with van der Waals surface area (Å²) in [5.41, 5.74) is 0. The molecule has 0 heterocycles. The fourth-order valence-corrected chi connectivity index (χ4v) is 5.07. The van der Waals surface area contributed by atoms with E-state index in [0.29, 0.717) is 0 Å². The van der Waals surface area contributed by atoms with Gasteiger partial charge in [-0.25, -0.2) is 0 Å². The Morgan fingerprint density at radius 3 is 1.00 bits per heavy atom. The quantitative estimate of drug-likeness (QED) is 0.502. The first kappa shape index (κ1) is 14.2. The molecule has 0 radical (unpaired) electrons. The SMILES string of the molecule is CN(C)O[PH](N(C)C)(N(C)C)N(C)C. The van der Waals surface area contributed by atoms with Crippen molar-refractivity contribution in [3.05, 3.63) is 0 Å². The molecule has 0 aromatic heterocycles. The molecule has 0 N–H and O–H groups in total. The molecule has 0 amide bonds. The monoisotopic (exact) mass is 224 g/mol. The van der Waals surface area contributed by atoms with E-state index in [1.54, 1.807) is 5.06 Å². The number of hydrogen-bond donors (Lipinski definition) is 0. The van der Waals surface area contributed by atoms with Crippen LogP contribution in [0.15, 0.2) is 0 Å². The fourth-order valence-electron chi connectivity index (χ4n) is 1.69. The maximum absolute atomic E-state index is 5.97. The van der Waals surface area contributed by atoms with Gasteiger partial charge in [0, 0.05) is 0 Å². The Balaban J connectivity index is 4.95. The van der Waals surface area contributed by atoms with Crippen molar-refractivity contribution in [3.8, 4) is 0 Å². The van der Waals surface area contributed by atoms with Crippen molar-refractivity contribution in [3.63, 3.8) is 0 Å². The van der Waals surface area contributed by atoms with Gasteiger partial charge in [-0.05, 0) is 0 Å². The van der Waals surface area contributed by atoms with Gasteiger partial charge in [0.15, 0.2) is 0 Å². The van der Waals surface area contributed by atoms with Gasteiger partial charge < -0.3 is 0 Å². The third kappa shape index (κ3) is 2.86. The van der Waals surface area contributed by atoms with Crippen molar-refractivity contribution in [2.75, 3.05) is 56.4 Å². The molecule has 88 valence electrons. The summed E-state index contributed by atoms with van der Waals surface area (Å²) in [7, 11) is 14.0. The summed E-state index contributed by atoms with van der Waals surface area (Å²) in [6.45, 7) is 0. The Kier molecular flexibility index (Phi) is 5.44. The Morgan fingerprint density at radius 1 is 0.643 bits per heavy atom. The van der Waals surface area contributed by atoms with Crippen LogP contribution >= 0.6 is 7.94 Å². The number of hydroxylamine groups is 2. The third-order valence-electron chi connectivity index (χ3n) is 2.05. The molecule has 5 nitrogen and oxygen atoms in total. The van der Waals surface area contributed by atoms with Gasteiger partial charge in [-0.2, -0.15) is 0 Å². The van der Waals surface area contributed by atoms with Gasteiger partial charge >= 0.3 is 88.0 Å². The molecule has 0 rings (SSSR count). The summed E-state index contributed by atoms with van der Waals surface area (Å²) in [5.74, 6) is 0. The van der Waals surface area contributed by atoms with Crippen LogP contribution in [0, 0.1) is 0 Å². The second kappa shape index (κ2) is 5.35. The topological polar surface area (TPSA) is 22.2 Å².